The molecule has 4 nitrogen and oxygen atoms in total. The van der Waals surface area contributed by atoms with Crippen LogP contribution in [0.15, 0.2) is 30.3 Å². The van der Waals surface area contributed by atoms with E-state index in [1.165, 1.54) is 15.4 Å². The van der Waals surface area contributed by atoms with Gasteiger partial charge in [-0.3, -0.25) is 9.69 Å². The van der Waals surface area contributed by atoms with Gasteiger partial charge in [0, 0.05) is 13.0 Å². The minimum absolute atomic E-state index is 0.0140. The molecule has 0 unspecified atom stereocenters. The summed E-state index contributed by atoms with van der Waals surface area (Å²) >= 11 is 0. The molecule has 0 N–H and O–H groups in total. The van der Waals surface area contributed by atoms with E-state index in [0.29, 0.717) is 0 Å². The Kier molecular flexibility index (Phi) is 2.46. The number of amides is 3. The van der Waals surface area contributed by atoms with E-state index in [0.717, 1.165) is 0 Å². The van der Waals surface area contributed by atoms with E-state index in [1.807, 2.05) is 18.2 Å². The molecule has 19 heavy (non-hydrogen) atoms. The average Bonchev–Trinajstić information content (AvgIpc) is 2.83. The second-order valence-corrected chi connectivity index (χ2v) is 6.06. The van der Waals surface area contributed by atoms with Crippen LogP contribution in [0.1, 0.15) is 25.3 Å². The van der Waals surface area contributed by atoms with Crippen molar-refractivity contribution in [3.8, 4) is 0 Å². The van der Waals surface area contributed by atoms with Crippen LogP contribution < -0.4 is 0 Å². The van der Waals surface area contributed by atoms with Gasteiger partial charge in [0.25, 0.3) is 5.91 Å². The molecule has 4 heteroatoms. The van der Waals surface area contributed by atoms with E-state index < -0.39 is 0 Å². The number of urea groups is 1. The van der Waals surface area contributed by atoms with Crippen LogP contribution in [-0.4, -0.2) is 41.4 Å². The lowest BCUT2D eigenvalue weighted by Gasteiger charge is -2.15. The molecular formula is C15H18N2O2. The Morgan fingerprint density at radius 1 is 1.16 bits per heavy atom. The monoisotopic (exact) mass is 258 g/mol. The summed E-state index contributed by atoms with van der Waals surface area (Å²) < 4.78 is 0. The Labute approximate surface area is 113 Å². The minimum Gasteiger partial charge on any atom is -0.318 e. The lowest BCUT2D eigenvalue weighted by molar-refractivity contribution is -0.126. The van der Waals surface area contributed by atoms with Gasteiger partial charge < -0.3 is 4.90 Å². The predicted molar refractivity (Wildman–Crippen MR) is 71.6 cm³/mol. The Morgan fingerprint density at radius 2 is 1.79 bits per heavy atom. The smallest absolute Gasteiger partial charge is 0.318 e. The number of hydrogen-bond donors (Lipinski definition) is 0. The summed E-state index contributed by atoms with van der Waals surface area (Å²) in [6.07, 6.45) is 0. The summed E-state index contributed by atoms with van der Waals surface area (Å²) in [6.45, 7) is 4.44. The first-order valence-corrected chi connectivity index (χ1v) is 6.56. The molecule has 1 aliphatic heterocycles. The van der Waals surface area contributed by atoms with Crippen molar-refractivity contribution in [1.82, 2.24) is 9.80 Å². The van der Waals surface area contributed by atoms with Crippen LogP contribution in [0, 0.1) is 5.41 Å². The minimum atomic E-state index is -0.165. The predicted octanol–water partition coefficient (Wildman–Crippen LogP) is 2.07. The van der Waals surface area contributed by atoms with Crippen molar-refractivity contribution in [2.45, 2.75) is 25.8 Å². The van der Waals surface area contributed by atoms with Crippen molar-refractivity contribution >= 4 is 11.9 Å². The molecular weight excluding hydrogens is 240 g/mol. The van der Waals surface area contributed by atoms with Crippen LogP contribution in [0.25, 0.3) is 0 Å². The zero-order valence-corrected chi connectivity index (χ0v) is 11.5. The Morgan fingerprint density at radius 3 is 2.32 bits per heavy atom. The number of imide groups is 1. The lowest BCUT2D eigenvalue weighted by atomic mass is 10.0. The molecule has 2 aliphatic rings. The fourth-order valence-electron chi connectivity index (χ4n) is 3.28. The zero-order valence-electron chi connectivity index (χ0n) is 11.5. The first-order valence-electron chi connectivity index (χ1n) is 6.56. The summed E-state index contributed by atoms with van der Waals surface area (Å²) in [5.41, 5.74) is 1.16. The molecule has 0 radical (unpaired) electrons. The highest BCUT2D eigenvalue weighted by Crippen LogP contribution is 2.61. The van der Waals surface area contributed by atoms with Gasteiger partial charge in [0.2, 0.25) is 0 Å². The summed E-state index contributed by atoms with van der Waals surface area (Å²) in [5.74, 6) is 0.164. The van der Waals surface area contributed by atoms with Crippen LogP contribution in [0.3, 0.4) is 0 Å². The van der Waals surface area contributed by atoms with Gasteiger partial charge in [-0.2, -0.15) is 0 Å². The molecule has 1 saturated carbocycles. The second-order valence-electron chi connectivity index (χ2n) is 6.06. The first kappa shape index (κ1) is 12.2. The van der Waals surface area contributed by atoms with E-state index in [-0.39, 0.29) is 35.9 Å². The number of benzene rings is 1. The van der Waals surface area contributed by atoms with Crippen molar-refractivity contribution in [2.24, 2.45) is 5.41 Å². The van der Waals surface area contributed by atoms with Crippen molar-refractivity contribution in [3.63, 3.8) is 0 Å². The largest absolute Gasteiger partial charge is 0.327 e. The van der Waals surface area contributed by atoms with Gasteiger partial charge in [-0.25, -0.2) is 4.79 Å². The highest BCUT2D eigenvalue weighted by molar-refractivity contribution is 6.02. The molecule has 1 aromatic carbocycles. The highest BCUT2D eigenvalue weighted by atomic mass is 16.2. The molecule has 2 fully saturated rings. The molecule has 0 bridgehead atoms. The van der Waals surface area contributed by atoms with Gasteiger partial charge in [0.05, 0.1) is 6.04 Å². The summed E-state index contributed by atoms with van der Waals surface area (Å²) in [6, 6.07) is 9.94. The number of hydrogen-bond acceptors (Lipinski definition) is 2. The second kappa shape index (κ2) is 3.83. The van der Waals surface area contributed by atoms with E-state index >= 15 is 0 Å². The highest BCUT2D eigenvalue weighted by Gasteiger charge is 2.65. The molecule has 1 heterocycles. The number of likely N-dealkylation sites (N-methyl/N-ethyl adjacent to an activating group) is 1. The third-order valence-electron chi connectivity index (χ3n) is 4.38. The van der Waals surface area contributed by atoms with Gasteiger partial charge >= 0.3 is 6.03 Å². The van der Waals surface area contributed by atoms with Gasteiger partial charge in [-0.15, -0.1) is 0 Å². The van der Waals surface area contributed by atoms with Gasteiger partial charge in [-0.1, -0.05) is 44.2 Å². The Balaban J connectivity index is 1.91. The maximum atomic E-state index is 12.1. The standard InChI is InChI=1S/C15H18N2O2/c1-15(2)12(10-7-5-4-6-8-10)13(15)17-11(18)9-16(3)14(17)19/h4-8,12-13H,9H2,1-3H3/t12-,13-/m1/s1. The SMILES string of the molecule is CN1CC(=O)N([C@@H]2[C@@H](c3ccccc3)C2(C)C)C1=O. The van der Waals surface area contributed by atoms with E-state index in [1.54, 1.807) is 7.05 Å². The fraction of sp³-hybridized carbons (Fsp3) is 0.467. The summed E-state index contributed by atoms with van der Waals surface area (Å²) in [7, 11) is 1.67. The molecule has 1 aliphatic carbocycles. The molecule has 100 valence electrons. The Hall–Kier alpha value is -1.84. The molecule has 3 rings (SSSR count). The molecule has 3 amide bonds. The Bertz CT molecular complexity index is 538. The number of carbonyl (C=O) groups excluding carboxylic acids is 2. The quantitative estimate of drug-likeness (QED) is 0.762. The van der Waals surface area contributed by atoms with Crippen molar-refractivity contribution in [3.05, 3.63) is 35.9 Å². The van der Waals surface area contributed by atoms with Crippen LogP contribution in [0.4, 0.5) is 4.79 Å². The maximum absolute atomic E-state index is 12.1. The summed E-state index contributed by atoms with van der Waals surface area (Å²) in [5, 5.41) is 0. The zero-order chi connectivity index (χ0) is 13.8. The van der Waals surface area contributed by atoms with E-state index in [4.69, 9.17) is 0 Å². The van der Waals surface area contributed by atoms with Crippen LogP contribution in [0.2, 0.25) is 0 Å². The molecule has 1 aromatic rings. The average molecular weight is 258 g/mol. The molecule has 0 aromatic heterocycles. The van der Waals surface area contributed by atoms with Crippen molar-refractivity contribution in [2.75, 3.05) is 13.6 Å². The third kappa shape index (κ3) is 1.66. The number of nitrogens with zero attached hydrogens (tertiary/aromatic N) is 2. The van der Waals surface area contributed by atoms with Crippen LogP contribution in [-0.2, 0) is 4.79 Å². The lowest BCUT2D eigenvalue weighted by Crippen LogP contribution is -2.36. The van der Waals surface area contributed by atoms with Gasteiger partial charge in [-0.05, 0) is 11.0 Å². The van der Waals surface area contributed by atoms with E-state index in [2.05, 4.69) is 26.0 Å². The topological polar surface area (TPSA) is 40.6 Å². The normalized spacial score (nSPS) is 29.0. The van der Waals surface area contributed by atoms with Gasteiger partial charge in [0.15, 0.2) is 0 Å². The molecule has 1 saturated heterocycles. The number of carbonyl (C=O) groups is 2. The van der Waals surface area contributed by atoms with Gasteiger partial charge in [0.1, 0.15) is 6.54 Å². The summed E-state index contributed by atoms with van der Waals surface area (Å²) in [4.78, 5) is 27.0. The fourth-order valence-corrected chi connectivity index (χ4v) is 3.28. The third-order valence-corrected chi connectivity index (χ3v) is 4.38. The molecule has 2 atom stereocenters. The maximum Gasteiger partial charge on any atom is 0.327 e. The number of rotatable bonds is 2. The molecule has 0 spiro atoms. The van der Waals surface area contributed by atoms with Crippen LogP contribution in [0.5, 0.6) is 0 Å². The van der Waals surface area contributed by atoms with Crippen molar-refractivity contribution in [1.29, 1.82) is 0 Å². The van der Waals surface area contributed by atoms with E-state index in [9.17, 15) is 9.59 Å². The van der Waals surface area contributed by atoms with Crippen molar-refractivity contribution < 1.29 is 9.59 Å². The first-order chi connectivity index (χ1) is 8.94. The van der Waals surface area contributed by atoms with Crippen LogP contribution >= 0.6 is 0 Å².